The molecule has 2 aromatic rings. The Morgan fingerprint density at radius 3 is 1.35 bits per heavy atom. The Hall–Kier alpha value is -1.20. The van der Waals surface area contributed by atoms with E-state index in [1.807, 2.05) is 0 Å². The van der Waals surface area contributed by atoms with Gasteiger partial charge in [0, 0.05) is 0 Å². The molecule has 6 heteroatoms. The van der Waals surface area contributed by atoms with Crippen LogP contribution in [0, 0.1) is 27.7 Å². The molecule has 0 spiro atoms. The number of benzene rings is 2. The van der Waals surface area contributed by atoms with Gasteiger partial charge < -0.3 is 26.0 Å². The van der Waals surface area contributed by atoms with Crippen LogP contribution in [0.4, 0.5) is 5.69 Å². The number of nitrogens with zero attached hydrogens (tertiary/aromatic N) is 4. The van der Waals surface area contributed by atoms with Crippen LogP contribution in [0.25, 0.3) is 21.3 Å². The van der Waals surface area contributed by atoms with Crippen LogP contribution in [0.5, 0.6) is 5.75 Å². The predicted molar refractivity (Wildman–Crippen MR) is 135 cm³/mol. The molecule has 0 unspecified atom stereocenters. The predicted octanol–water partition coefficient (Wildman–Crippen LogP) is 7.25. The van der Waals surface area contributed by atoms with Crippen molar-refractivity contribution in [1.82, 2.24) is 0 Å². The van der Waals surface area contributed by atoms with Crippen molar-refractivity contribution in [3.63, 3.8) is 0 Å². The van der Waals surface area contributed by atoms with Gasteiger partial charge in [-0.1, -0.05) is 60.5 Å². The number of hydrogen-bond donors (Lipinski definition) is 0. The fourth-order valence-electron chi connectivity index (χ4n) is 2.50. The van der Waals surface area contributed by atoms with E-state index < -0.39 is 0 Å². The molecule has 0 radical (unpaired) electrons. The molecule has 0 aliphatic heterocycles. The Morgan fingerprint density at radius 2 is 1.00 bits per heavy atom. The Kier molecular flexibility index (Phi) is 24.4. The van der Waals surface area contributed by atoms with Gasteiger partial charge in [-0.15, -0.1) is 5.69 Å². The first-order chi connectivity index (χ1) is 14.2. The van der Waals surface area contributed by atoms with Crippen molar-refractivity contribution in [1.29, 1.82) is 0 Å². The molecule has 2 rings (SSSR count). The minimum absolute atomic E-state index is 0. The minimum atomic E-state index is 0. The van der Waals surface area contributed by atoms with Crippen molar-refractivity contribution in [2.24, 2.45) is 0 Å². The summed E-state index contributed by atoms with van der Waals surface area (Å²) >= 11 is 0. The van der Waals surface area contributed by atoms with Crippen LogP contribution in [0.15, 0.2) is 36.4 Å². The molecule has 2 aromatic carbocycles. The van der Waals surface area contributed by atoms with Gasteiger partial charge in [-0.3, -0.25) is 0 Å². The molecule has 31 heavy (non-hydrogen) atoms. The van der Waals surface area contributed by atoms with E-state index in [1.165, 1.54) is 22.3 Å². The van der Waals surface area contributed by atoms with E-state index in [4.69, 9.17) is 10.1 Å². The van der Waals surface area contributed by atoms with E-state index in [9.17, 15) is 0 Å². The van der Waals surface area contributed by atoms with Crippen LogP contribution < -0.4 is 4.74 Å². The molecule has 172 valence electrons. The summed E-state index contributed by atoms with van der Waals surface area (Å²) in [7, 11) is 10.5. The van der Waals surface area contributed by atoms with Gasteiger partial charge in [0.2, 0.25) is 0 Å². The van der Waals surface area contributed by atoms with E-state index in [-0.39, 0.29) is 32.2 Å². The van der Waals surface area contributed by atoms with Gasteiger partial charge in [0.1, 0.15) is 5.75 Å². The molecule has 5 nitrogen and oxygen atoms in total. The van der Waals surface area contributed by atoms with Crippen molar-refractivity contribution >= 4 is 5.69 Å². The third-order valence-corrected chi connectivity index (χ3v) is 3.67. The van der Waals surface area contributed by atoms with Crippen molar-refractivity contribution < 1.29 is 30.9 Å². The number of hydrogen-bond acceptors (Lipinski definition) is 1. The smallest absolute Gasteiger partial charge is 0.679 e. The molecular weight excluding hydrogens is 464 g/mol. The third kappa shape index (κ3) is 16.1. The average molecular weight is 506 g/mol. The monoisotopic (exact) mass is 504 g/mol. The molecule has 0 N–H and O–H groups in total. The number of aryl methyl sites for hydroxylation is 4. The summed E-state index contributed by atoms with van der Waals surface area (Å²) in [5, 5.41) is 15.3. The molecule has 0 saturated heterocycles. The second-order valence-corrected chi connectivity index (χ2v) is 7.09. The van der Waals surface area contributed by atoms with Crippen LogP contribution in [-0.2, 0) is 26.2 Å². The molecule has 0 aliphatic carbocycles. The molecule has 0 fully saturated rings. The maximum Gasteiger partial charge on any atom is 4.00 e. The summed E-state index contributed by atoms with van der Waals surface area (Å²) in [6.07, 6.45) is 0. The van der Waals surface area contributed by atoms with E-state index in [0.29, 0.717) is 6.61 Å². The van der Waals surface area contributed by atoms with E-state index in [1.54, 1.807) is 42.3 Å². The second-order valence-electron chi connectivity index (χ2n) is 7.09. The van der Waals surface area contributed by atoms with Gasteiger partial charge in [0.15, 0.2) is 0 Å². The maximum absolute atomic E-state index is 5.99. The van der Waals surface area contributed by atoms with E-state index in [2.05, 4.69) is 87.0 Å². The summed E-state index contributed by atoms with van der Waals surface area (Å²) in [5.41, 5.74) is 5.88. The van der Waals surface area contributed by atoms with Gasteiger partial charge in [-0.05, 0) is 38.8 Å². The van der Waals surface area contributed by atoms with Crippen molar-refractivity contribution in [2.75, 3.05) is 48.9 Å². The van der Waals surface area contributed by atoms with Gasteiger partial charge in [-0.25, -0.2) is 0 Å². The van der Waals surface area contributed by atoms with Crippen molar-refractivity contribution in [3.05, 3.63) is 79.9 Å². The minimum Gasteiger partial charge on any atom is -0.679 e. The molecule has 0 aliphatic rings. The van der Waals surface area contributed by atoms with E-state index in [0.717, 1.165) is 11.4 Å². The largest absolute Gasteiger partial charge is 4.00 e. The Morgan fingerprint density at radius 1 is 0.677 bits per heavy atom. The number of rotatable bonds is 5. The van der Waals surface area contributed by atoms with Crippen molar-refractivity contribution in [3.8, 4) is 5.75 Å². The third-order valence-electron chi connectivity index (χ3n) is 3.67. The summed E-state index contributed by atoms with van der Waals surface area (Å²) in [5.74, 6) is 0.987. The van der Waals surface area contributed by atoms with Crippen LogP contribution in [0.3, 0.4) is 0 Å². The van der Waals surface area contributed by atoms with Gasteiger partial charge in [0.25, 0.3) is 0 Å². The Balaban J connectivity index is -0.000000676. The molecule has 0 bridgehead atoms. The molecule has 0 heterocycles. The van der Waals surface area contributed by atoms with Gasteiger partial charge in [0.05, 0.1) is 6.61 Å². The fourth-order valence-corrected chi connectivity index (χ4v) is 2.50. The van der Waals surface area contributed by atoms with Crippen LogP contribution in [0.1, 0.15) is 29.2 Å². The van der Waals surface area contributed by atoms with Crippen LogP contribution in [-0.4, -0.2) is 54.9 Å². The summed E-state index contributed by atoms with van der Waals surface area (Å²) < 4.78 is 5.99. The molecule has 0 aromatic heterocycles. The zero-order valence-corrected chi connectivity index (χ0v) is 23.9. The summed E-state index contributed by atoms with van der Waals surface area (Å²) in [6, 6.07) is 12.6. The fraction of sp³-hybridized carbons (Fsp3) is 0.520. The number of para-hydroxylation sites is 2. The Bertz CT molecular complexity index is 635. The first-order valence-electron chi connectivity index (χ1n) is 10.1. The Labute approximate surface area is 211 Å². The first-order valence-corrected chi connectivity index (χ1v) is 10.1. The molecular formula is C25H42N4OZr. The topological polar surface area (TPSA) is 65.6 Å². The normalized spacial score (nSPS) is 9.90. The standard InChI is InChI=1S/C19H24NO.3C2H6N.Zr/c1-13-8-6-9-14(2)18(13)20-17(5)12-21-19-15(3)10-7-11-16(19)4;3*1-3-2;/h6-11,17H,12H2,1-5H3;3*1-2H3;/q4*-1;+4/t17-;;;;/m1..../s1. The van der Waals surface area contributed by atoms with E-state index >= 15 is 0 Å². The van der Waals surface area contributed by atoms with Crippen molar-refractivity contribution in [2.45, 2.75) is 40.7 Å². The molecule has 0 amide bonds. The first kappa shape index (κ1) is 34.4. The summed E-state index contributed by atoms with van der Waals surface area (Å²) in [4.78, 5) is 0. The molecule has 0 saturated carbocycles. The van der Waals surface area contributed by atoms with Gasteiger partial charge in [-0.2, -0.15) is 42.3 Å². The average Bonchev–Trinajstić information content (AvgIpc) is 2.66. The number of ether oxygens (including phenoxy) is 1. The molecule has 1 atom stereocenters. The van der Waals surface area contributed by atoms with Crippen LogP contribution >= 0.6 is 0 Å². The quantitative estimate of drug-likeness (QED) is 0.422. The van der Waals surface area contributed by atoms with Crippen LogP contribution in [0.2, 0.25) is 0 Å². The zero-order chi connectivity index (χ0) is 23.5. The maximum atomic E-state index is 5.99. The van der Waals surface area contributed by atoms with Gasteiger partial charge >= 0.3 is 26.2 Å². The summed E-state index contributed by atoms with van der Waals surface area (Å²) in [6.45, 7) is 11.1. The second kappa shape index (κ2) is 22.0. The zero-order valence-electron chi connectivity index (χ0n) is 21.4. The SMILES string of the molecule is C[N-]C.C[N-]C.C[N-]C.Cc1cccc(C)c1[N-][C@H](C)COc1c(C)cccc1C.[Zr+4].